The molecular weight excluding hydrogens is 437 g/mol. The average Bonchev–Trinajstić information content (AvgIpc) is 3.25. The fraction of sp³-hybridized carbons (Fsp3) is 0.208. The van der Waals surface area contributed by atoms with E-state index < -0.39 is 6.10 Å². The Morgan fingerprint density at radius 3 is 2.32 bits per heavy atom. The molecule has 0 radical (unpaired) electrons. The van der Waals surface area contributed by atoms with Gasteiger partial charge in [-0.1, -0.05) is 41.4 Å². The maximum atomic E-state index is 13.0. The Balaban J connectivity index is 1.39. The number of likely N-dealkylation sites (tertiary alicyclic amines) is 1. The highest BCUT2D eigenvalue weighted by molar-refractivity contribution is 6.30. The minimum Gasteiger partial charge on any atom is -0.478 e. The second kappa shape index (κ2) is 8.33. The standard InChI is InChI=1S/C24H19Cl2NO4/c25-17-4-1-15(2-5-17)11-12-27-22(16-3-10-20-21(13-16)30-14-29-20)23(24(27)28)31-19-8-6-18(26)7-9-19/h1-10,13,22-23H,11-12,14H2/t22-,23+/m0/s1. The van der Waals surface area contributed by atoms with Gasteiger partial charge in [-0.25, -0.2) is 0 Å². The number of hydrogen-bond acceptors (Lipinski definition) is 4. The largest absolute Gasteiger partial charge is 0.478 e. The molecule has 158 valence electrons. The lowest BCUT2D eigenvalue weighted by Crippen LogP contribution is -2.61. The fourth-order valence-electron chi connectivity index (χ4n) is 3.89. The Labute approximate surface area is 190 Å². The van der Waals surface area contributed by atoms with Crippen molar-refractivity contribution in [1.29, 1.82) is 0 Å². The van der Waals surface area contributed by atoms with Crippen molar-refractivity contribution >= 4 is 29.1 Å². The number of benzene rings is 3. The number of nitrogens with zero attached hydrogens (tertiary/aromatic N) is 1. The molecule has 0 saturated carbocycles. The van der Waals surface area contributed by atoms with Crippen LogP contribution in [0.3, 0.4) is 0 Å². The highest BCUT2D eigenvalue weighted by Gasteiger charge is 2.50. The van der Waals surface area contributed by atoms with Gasteiger partial charge in [0.2, 0.25) is 12.9 Å². The van der Waals surface area contributed by atoms with E-state index in [9.17, 15) is 4.79 Å². The summed E-state index contributed by atoms with van der Waals surface area (Å²) in [5.74, 6) is 1.94. The van der Waals surface area contributed by atoms with E-state index in [2.05, 4.69) is 0 Å². The van der Waals surface area contributed by atoms with E-state index in [1.165, 1.54) is 0 Å². The van der Waals surface area contributed by atoms with Crippen LogP contribution in [-0.4, -0.2) is 30.2 Å². The van der Waals surface area contributed by atoms with Crippen LogP contribution < -0.4 is 14.2 Å². The van der Waals surface area contributed by atoms with Crippen LogP contribution in [0.4, 0.5) is 0 Å². The van der Waals surface area contributed by atoms with Crippen LogP contribution in [0.25, 0.3) is 0 Å². The minimum absolute atomic E-state index is 0.0495. The summed E-state index contributed by atoms with van der Waals surface area (Å²) >= 11 is 12.0. The van der Waals surface area contributed by atoms with Gasteiger partial charge in [0.25, 0.3) is 5.91 Å². The second-order valence-electron chi connectivity index (χ2n) is 7.46. The summed E-state index contributed by atoms with van der Waals surface area (Å²) in [7, 11) is 0. The molecule has 0 bridgehead atoms. The molecule has 5 nitrogen and oxygen atoms in total. The van der Waals surface area contributed by atoms with Crippen molar-refractivity contribution < 1.29 is 19.0 Å². The van der Waals surface area contributed by atoms with E-state index in [0.29, 0.717) is 33.8 Å². The van der Waals surface area contributed by atoms with Crippen LogP contribution in [0.5, 0.6) is 17.2 Å². The Kier molecular flexibility index (Phi) is 5.38. The smallest absolute Gasteiger partial charge is 0.266 e. The van der Waals surface area contributed by atoms with Gasteiger partial charge in [-0.15, -0.1) is 0 Å². The van der Waals surface area contributed by atoms with Gasteiger partial charge in [0.1, 0.15) is 11.8 Å². The quantitative estimate of drug-likeness (QED) is 0.473. The van der Waals surface area contributed by atoms with Gasteiger partial charge in [0.15, 0.2) is 11.5 Å². The topological polar surface area (TPSA) is 48.0 Å². The van der Waals surface area contributed by atoms with E-state index in [1.807, 2.05) is 47.4 Å². The molecule has 2 atom stereocenters. The normalized spacial score (nSPS) is 19.3. The lowest BCUT2D eigenvalue weighted by molar-refractivity contribution is -0.164. The lowest BCUT2D eigenvalue weighted by atomic mass is 9.89. The SMILES string of the molecule is O=C1[C@H](Oc2ccc(Cl)cc2)[C@H](c2ccc3c(c2)OCO3)N1CCc1ccc(Cl)cc1. The number of carbonyl (C=O) groups excluding carboxylic acids is 1. The number of β-lactam (4-membered cyclic amide) rings is 1. The average molecular weight is 456 g/mol. The van der Waals surface area contributed by atoms with Crippen LogP contribution >= 0.6 is 23.2 Å². The highest BCUT2D eigenvalue weighted by atomic mass is 35.5. The number of rotatable bonds is 6. The molecule has 1 fully saturated rings. The van der Waals surface area contributed by atoms with E-state index in [4.69, 9.17) is 37.4 Å². The molecule has 31 heavy (non-hydrogen) atoms. The van der Waals surface area contributed by atoms with Gasteiger partial charge in [-0.3, -0.25) is 4.79 Å². The van der Waals surface area contributed by atoms with Crippen LogP contribution in [0, 0.1) is 0 Å². The predicted molar refractivity (Wildman–Crippen MR) is 118 cm³/mol. The first kappa shape index (κ1) is 20.0. The molecule has 2 aliphatic rings. The summed E-state index contributed by atoms with van der Waals surface area (Å²) < 4.78 is 17.0. The Morgan fingerprint density at radius 1 is 0.903 bits per heavy atom. The van der Waals surface area contributed by atoms with E-state index in [-0.39, 0.29) is 18.7 Å². The lowest BCUT2D eigenvalue weighted by Gasteiger charge is -2.47. The number of carbonyl (C=O) groups is 1. The highest BCUT2D eigenvalue weighted by Crippen LogP contribution is 2.42. The molecule has 3 aromatic carbocycles. The molecule has 0 aliphatic carbocycles. The van der Waals surface area contributed by atoms with Gasteiger partial charge >= 0.3 is 0 Å². The third-order valence-corrected chi connectivity index (χ3v) is 6.02. The van der Waals surface area contributed by atoms with Crippen molar-refractivity contribution in [2.75, 3.05) is 13.3 Å². The summed E-state index contributed by atoms with van der Waals surface area (Å²) in [6.45, 7) is 0.771. The molecule has 0 aromatic heterocycles. The zero-order valence-corrected chi connectivity index (χ0v) is 18.0. The van der Waals surface area contributed by atoms with Crippen molar-refractivity contribution in [2.45, 2.75) is 18.6 Å². The Morgan fingerprint density at radius 2 is 1.58 bits per heavy atom. The molecule has 1 saturated heterocycles. The molecule has 5 rings (SSSR count). The fourth-order valence-corrected chi connectivity index (χ4v) is 4.15. The van der Waals surface area contributed by atoms with Crippen LogP contribution in [0.2, 0.25) is 10.0 Å². The molecule has 1 amide bonds. The monoisotopic (exact) mass is 455 g/mol. The number of hydrogen-bond donors (Lipinski definition) is 0. The van der Waals surface area contributed by atoms with Crippen LogP contribution in [0.15, 0.2) is 66.7 Å². The molecule has 2 heterocycles. The van der Waals surface area contributed by atoms with Crippen LogP contribution in [-0.2, 0) is 11.2 Å². The van der Waals surface area contributed by atoms with Gasteiger partial charge < -0.3 is 19.1 Å². The number of halogens is 2. The summed E-state index contributed by atoms with van der Waals surface area (Å²) in [5, 5.41) is 1.31. The number of amides is 1. The van der Waals surface area contributed by atoms with Crippen molar-refractivity contribution in [3.63, 3.8) is 0 Å². The second-order valence-corrected chi connectivity index (χ2v) is 8.33. The van der Waals surface area contributed by atoms with Gasteiger partial charge in [0.05, 0.1) is 0 Å². The van der Waals surface area contributed by atoms with Gasteiger partial charge in [-0.2, -0.15) is 0 Å². The molecule has 0 unspecified atom stereocenters. The summed E-state index contributed by atoms with van der Waals surface area (Å²) in [6.07, 6.45) is 0.101. The zero-order valence-electron chi connectivity index (χ0n) is 16.5. The minimum atomic E-state index is -0.619. The molecule has 3 aromatic rings. The summed E-state index contributed by atoms with van der Waals surface area (Å²) in [4.78, 5) is 14.9. The van der Waals surface area contributed by atoms with Crippen LogP contribution in [0.1, 0.15) is 17.2 Å². The summed E-state index contributed by atoms with van der Waals surface area (Å²) in [5.41, 5.74) is 2.06. The van der Waals surface area contributed by atoms with Gasteiger partial charge in [0, 0.05) is 16.6 Å². The maximum Gasteiger partial charge on any atom is 0.266 e. The first-order valence-electron chi connectivity index (χ1n) is 9.95. The molecule has 0 N–H and O–H groups in total. The Bertz CT molecular complexity index is 1100. The third kappa shape index (κ3) is 4.03. The first-order chi connectivity index (χ1) is 15.1. The van der Waals surface area contributed by atoms with Gasteiger partial charge in [-0.05, 0) is 66.1 Å². The number of ether oxygens (including phenoxy) is 3. The first-order valence-corrected chi connectivity index (χ1v) is 10.7. The molecule has 2 aliphatic heterocycles. The zero-order chi connectivity index (χ0) is 21.4. The van der Waals surface area contributed by atoms with Crippen molar-refractivity contribution in [1.82, 2.24) is 4.90 Å². The van der Waals surface area contributed by atoms with E-state index in [0.717, 1.165) is 17.5 Å². The van der Waals surface area contributed by atoms with Crippen molar-refractivity contribution in [3.8, 4) is 17.2 Å². The van der Waals surface area contributed by atoms with Crippen molar-refractivity contribution in [3.05, 3.63) is 87.9 Å². The van der Waals surface area contributed by atoms with E-state index in [1.54, 1.807) is 24.3 Å². The molecular formula is C24H19Cl2NO4. The summed E-state index contributed by atoms with van der Waals surface area (Å²) in [6, 6.07) is 20.2. The van der Waals surface area contributed by atoms with E-state index >= 15 is 0 Å². The molecule has 7 heteroatoms. The maximum absolute atomic E-state index is 13.0. The predicted octanol–water partition coefficient (Wildman–Crippen LogP) is 5.30. The Hall–Kier alpha value is -2.89. The van der Waals surface area contributed by atoms with Crippen molar-refractivity contribution in [2.24, 2.45) is 0 Å². The molecule has 0 spiro atoms. The third-order valence-electron chi connectivity index (χ3n) is 5.52. The number of fused-ring (bicyclic) bond motifs is 1.